The van der Waals surface area contributed by atoms with Gasteiger partial charge in [0.1, 0.15) is 12.1 Å². The number of methoxy groups -OCH3 is 1. The molecule has 1 fully saturated rings. The number of aromatic nitrogens is 2. The van der Waals surface area contributed by atoms with E-state index in [4.69, 9.17) is 4.74 Å². The van der Waals surface area contributed by atoms with Crippen molar-refractivity contribution in [3.05, 3.63) is 54.1 Å². The Balaban J connectivity index is 1.46. The minimum atomic E-state index is 0.595. The average Bonchev–Trinajstić information content (AvgIpc) is 2.47. The molecule has 0 aliphatic heterocycles. The summed E-state index contributed by atoms with van der Waals surface area (Å²) in [5, 5.41) is 3.54. The highest BCUT2D eigenvalue weighted by Crippen LogP contribution is 2.37. The molecule has 1 N–H and O–H groups in total. The van der Waals surface area contributed by atoms with Crippen molar-refractivity contribution in [1.82, 2.24) is 15.3 Å². The Bertz CT molecular complexity index is 535. The molecule has 4 nitrogen and oxygen atoms in total. The molecule has 20 heavy (non-hydrogen) atoms. The van der Waals surface area contributed by atoms with Gasteiger partial charge in [-0.15, -0.1) is 0 Å². The van der Waals surface area contributed by atoms with Crippen LogP contribution in [0.5, 0.6) is 5.75 Å². The van der Waals surface area contributed by atoms with Crippen LogP contribution in [0.4, 0.5) is 0 Å². The predicted octanol–water partition coefficient (Wildman–Crippen LogP) is 2.52. The Morgan fingerprint density at radius 3 is 2.65 bits per heavy atom. The summed E-state index contributed by atoms with van der Waals surface area (Å²) in [5.41, 5.74) is 2.46. The standard InChI is InChI=1S/C16H19N3O/c1-20-16-4-2-12(3-5-16)13-8-15(9-13)18-10-14-6-7-17-11-19-14/h2-7,11,13,15,18H,8-10H2,1H3. The summed E-state index contributed by atoms with van der Waals surface area (Å²) in [7, 11) is 1.70. The van der Waals surface area contributed by atoms with Gasteiger partial charge in [-0.05, 0) is 42.5 Å². The number of hydrogen-bond donors (Lipinski definition) is 1. The van der Waals surface area contributed by atoms with Crippen LogP contribution >= 0.6 is 0 Å². The first-order valence-corrected chi connectivity index (χ1v) is 6.97. The van der Waals surface area contributed by atoms with E-state index in [1.165, 1.54) is 18.4 Å². The lowest BCUT2D eigenvalue weighted by molar-refractivity contribution is 0.288. The average molecular weight is 269 g/mol. The van der Waals surface area contributed by atoms with Gasteiger partial charge < -0.3 is 10.1 Å². The Morgan fingerprint density at radius 1 is 1.20 bits per heavy atom. The summed E-state index contributed by atoms with van der Waals surface area (Å²) in [5.74, 6) is 1.59. The zero-order valence-electron chi connectivity index (χ0n) is 11.6. The molecular formula is C16H19N3O. The molecule has 4 heteroatoms. The van der Waals surface area contributed by atoms with Crippen molar-refractivity contribution in [2.45, 2.75) is 31.3 Å². The van der Waals surface area contributed by atoms with Crippen molar-refractivity contribution in [2.75, 3.05) is 7.11 Å². The summed E-state index contributed by atoms with van der Waals surface area (Å²) in [6.07, 6.45) is 5.76. The topological polar surface area (TPSA) is 47.0 Å². The van der Waals surface area contributed by atoms with Crippen molar-refractivity contribution in [1.29, 1.82) is 0 Å². The van der Waals surface area contributed by atoms with Gasteiger partial charge in [0.15, 0.2) is 0 Å². The normalized spacial score (nSPS) is 21.2. The quantitative estimate of drug-likeness (QED) is 0.906. The second-order valence-corrected chi connectivity index (χ2v) is 5.22. The van der Waals surface area contributed by atoms with Crippen molar-refractivity contribution < 1.29 is 4.74 Å². The van der Waals surface area contributed by atoms with E-state index in [0.717, 1.165) is 18.0 Å². The van der Waals surface area contributed by atoms with Gasteiger partial charge in [0.05, 0.1) is 12.8 Å². The molecule has 3 rings (SSSR count). The summed E-state index contributed by atoms with van der Waals surface area (Å²) in [6.45, 7) is 0.822. The third-order valence-electron chi connectivity index (χ3n) is 3.94. The number of hydrogen-bond acceptors (Lipinski definition) is 4. The monoisotopic (exact) mass is 269 g/mol. The number of ether oxygens (including phenoxy) is 1. The van der Waals surface area contributed by atoms with Gasteiger partial charge in [-0.25, -0.2) is 9.97 Å². The molecule has 0 unspecified atom stereocenters. The van der Waals surface area contributed by atoms with Gasteiger partial charge in [-0.2, -0.15) is 0 Å². The van der Waals surface area contributed by atoms with Gasteiger partial charge in [-0.3, -0.25) is 0 Å². The second-order valence-electron chi connectivity index (χ2n) is 5.22. The molecule has 1 heterocycles. The third-order valence-corrected chi connectivity index (χ3v) is 3.94. The smallest absolute Gasteiger partial charge is 0.118 e. The largest absolute Gasteiger partial charge is 0.497 e. The van der Waals surface area contributed by atoms with Gasteiger partial charge in [0, 0.05) is 18.8 Å². The Labute approximate surface area is 119 Å². The van der Waals surface area contributed by atoms with Gasteiger partial charge in [0.2, 0.25) is 0 Å². The zero-order chi connectivity index (χ0) is 13.8. The highest BCUT2D eigenvalue weighted by molar-refractivity contribution is 5.30. The maximum Gasteiger partial charge on any atom is 0.118 e. The third kappa shape index (κ3) is 2.96. The summed E-state index contributed by atoms with van der Waals surface area (Å²) < 4.78 is 5.18. The summed E-state index contributed by atoms with van der Waals surface area (Å²) in [4.78, 5) is 8.14. The number of rotatable bonds is 5. The maximum absolute atomic E-state index is 5.18. The first kappa shape index (κ1) is 13.1. The van der Waals surface area contributed by atoms with E-state index < -0.39 is 0 Å². The van der Waals surface area contributed by atoms with E-state index in [1.807, 2.05) is 18.2 Å². The summed E-state index contributed by atoms with van der Waals surface area (Å²) >= 11 is 0. The Morgan fingerprint density at radius 2 is 2.00 bits per heavy atom. The fourth-order valence-electron chi connectivity index (χ4n) is 2.60. The lowest BCUT2D eigenvalue weighted by atomic mass is 9.76. The lowest BCUT2D eigenvalue weighted by Gasteiger charge is -2.36. The van der Waals surface area contributed by atoms with Crippen LogP contribution < -0.4 is 10.1 Å². The molecular weight excluding hydrogens is 250 g/mol. The fourth-order valence-corrected chi connectivity index (χ4v) is 2.60. The minimum absolute atomic E-state index is 0.595. The van der Waals surface area contributed by atoms with E-state index in [2.05, 4.69) is 27.4 Å². The molecule has 0 radical (unpaired) electrons. The van der Waals surface area contributed by atoms with Crippen molar-refractivity contribution in [3.8, 4) is 5.75 Å². The molecule has 0 atom stereocenters. The van der Waals surface area contributed by atoms with Crippen LogP contribution in [-0.4, -0.2) is 23.1 Å². The summed E-state index contributed by atoms with van der Waals surface area (Å²) in [6, 6.07) is 11.0. The van der Waals surface area contributed by atoms with Gasteiger partial charge in [0.25, 0.3) is 0 Å². The molecule has 1 aromatic heterocycles. The molecule has 0 spiro atoms. The van der Waals surface area contributed by atoms with Crippen LogP contribution in [-0.2, 0) is 6.54 Å². The maximum atomic E-state index is 5.18. The van der Waals surface area contributed by atoms with Crippen molar-refractivity contribution >= 4 is 0 Å². The second kappa shape index (κ2) is 6.01. The highest BCUT2D eigenvalue weighted by atomic mass is 16.5. The molecule has 2 aromatic rings. The van der Waals surface area contributed by atoms with Crippen LogP contribution in [0.2, 0.25) is 0 Å². The zero-order valence-corrected chi connectivity index (χ0v) is 11.6. The Hall–Kier alpha value is -1.94. The lowest BCUT2D eigenvalue weighted by Crippen LogP contribution is -2.39. The number of nitrogens with zero attached hydrogens (tertiary/aromatic N) is 2. The van der Waals surface area contributed by atoms with E-state index >= 15 is 0 Å². The number of nitrogens with one attached hydrogen (secondary N) is 1. The fraction of sp³-hybridized carbons (Fsp3) is 0.375. The van der Waals surface area contributed by atoms with Crippen molar-refractivity contribution in [2.24, 2.45) is 0 Å². The Kier molecular flexibility index (Phi) is 3.92. The van der Waals surface area contributed by atoms with E-state index in [1.54, 1.807) is 19.6 Å². The van der Waals surface area contributed by atoms with E-state index in [-0.39, 0.29) is 0 Å². The van der Waals surface area contributed by atoms with Gasteiger partial charge >= 0.3 is 0 Å². The molecule has 0 bridgehead atoms. The minimum Gasteiger partial charge on any atom is -0.497 e. The molecule has 1 aromatic carbocycles. The van der Waals surface area contributed by atoms with Crippen LogP contribution in [0.25, 0.3) is 0 Å². The van der Waals surface area contributed by atoms with E-state index in [0.29, 0.717) is 12.0 Å². The van der Waals surface area contributed by atoms with Gasteiger partial charge in [-0.1, -0.05) is 12.1 Å². The van der Waals surface area contributed by atoms with Crippen LogP contribution in [0.15, 0.2) is 42.9 Å². The molecule has 0 saturated heterocycles. The molecule has 0 amide bonds. The SMILES string of the molecule is COc1ccc(C2CC(NCc3ccncn3)C2)cc1. The molecule has 1 aliphatic carbocycles. The first-order chi connectivity index (χ1) is 9.85. The van der Waals surface area contributed by atoms with Crippen molar-refractivity contribution in [3.63, 3.8) is 0 Å². The van der Waals surface area contributed by atoms with Crippen LogP contribution in [0.1, 0.15) is 30.0 Å². The number of benzene rings is 1. The van der Waals surface area contributed by atoms with E-state index in [9.17, 15) is 0 Å². The van der Waals surface area contributed by atoms with Crippen LogP contribution in [0, 0.1) is 0 Å². The first-order valence-electron chi connectivity index (χ1n) is 6.97. The molecule has 1 saturated carbocycles. The molecule has 104 valence electrons. The highest BCUT2D eigenvalue weighted by Gasteiger charge is 2.29. The van der Waals surface area contributed by atoms with Crippen LogP contribution in [0.3, 0.4) is 0 Å². The molecule has 1 aliphatic rings. The predicted molar refractivity (Wildman–Crippen MR) is 77.6 cm³/mol.